The van der Waals surface area contributed by atoms with Crippen LogP contribution in [0.5, 0.6) is 0 Å². The van der Waals surface area contributed by atoms with E-state index >= 15 is 0 Å². The Labute approximate surface area is 126 Å². The van der Waals surface area contributed by atoms with Gasteiger partial charge in [-0.1, -0.05) is 12.8 Å². The summed E-state index contributed by atoms with van der Waals surface area (Å²) in [5.74, 6) is 1.16. The molecule has 0 aliphatic heterocycles. The van der Waals surface area contributed by atoms with Gasteiger partial charge in [-0.15, -0.1) is 0 Å². The number of aryl methyl sites for hydroxylation is 1. The largest absolute Gasteiger partial charge is 0.464 e. The molecular weight excluding hydrogens is 288 g/mol. The summed E-state index contributed by atoms with van der Waals surface area (Å²) in [7, 11) is -3.51. The minimum absolute atomic E-state index is 0.281. The fraction of sp³-hybridized carbons (Fsp3) is 0.733. The number of sulfonamides is 1. The molecule has 5 nitrogen and oxygen atoms in total. The van der Waals surface area contributed by atoms with Crippen LogP contribution in [-0.4, -0.2) is 20.0 Å². The third-order valence-electron chi connectivity index (χ3n) is 4.44. The number of nitrogens with one attached hydrogen (secondary N) is 2. The Kier molecular flexibility index (Phi) is 3.88. The number of hydrogen-bond acceptors (Lipinski definition) is 4. The molecule has 118 valence electrons. The normalized spacial score (nSPS) is 21.8. The summed E-state index contributed by atoms with van der Waals surface area (Å²) >= 11 is 0. The van der Waals surface area contributed by atoms with Crippen LogP contribution >= 0.6 is 0 Å². The Bertz CT molecular complexity index is 611. The van der Waals surface area contributed by atoms with Gasteiger partial charge < -0.3 is 9.73 Å². The smallest absolute Gasteiger partial charge is 0.244 e. The van der Waals surface area contributed by atoms with Crippen LogP contribution in [0, 0.1) is 6.92 Å². The molecule has 0 unspecified atom stereocenters. The van der Waals surface area contributed by atoms with Gasteiger partial charge in [0.25, 0.3) is 0 Å². The second kappa shape index (κ2) is 5.41. The maximum absolute atomic E-state index is 12.6. The summed E-state index contributed by atoms with van der Waals surface area (Å²) in [6.45, 7) is 4.30. The predicted molar refractivity (Wildman–Crippen MR) is 80.5 cm³/mol. The van der Waals surface area contributed by atoms with Crippen molar-refractivity contribution in [2.45, 2.75) is 75.4 Å². The Morgan fingerprint density at radius 3 is 2.62 bits per heavy atom. The van der Waals surface area contributed by atoms with E-state index in [2.05, 4.69) is 10.0 Å². The molecule has 1 aromatic rings. The van der Waals surface area contributed by atoms with Gasteiger partial charge in [-0.3, -0.25) is 0 Å². The van der Waals surface area contributed by atoms with Gasteiger partial charge in [0, 0.05) is 17.6 Å². The third kappa shape index (κ3) is 3.49. The zero-order chi connectivity index (χ0) is 15.1. The van der Waals surface area contributed by atoms with E-state index < -0.39 is 10.0 Å². The molecule has 3 rings (SSSR count). The Hall–Kier alpha value is -0.850. The van der Waals surface area contributed by atoms with Crippen molar-refractivity contribution in [3.8, 4) is 0 Å². The Balaban J connectivity index is 1.74. The Morgan fingerprint density at radius 2 is 2.00 bits per heavy atom. The molecule has 21 heavy (non-hydrogen) atoms. The molecule has 1 heterocycles. The van der Waals surface area contributed by atoms with Crippen LogP contribution in [0.1, 0.15) is 57.0 Å². The average molecular weight is 312 g/mol. The van der Waals surface area contributed by atoms with E-state index in [1.807, 2.05) is 6.92 Å². The van der Waals surface area contributed by atoms with Crippen LogP contribution in [0.2, 0.25) is 0 Å². The molecule has 2 aliphatic carbocycles. The molecule has 2 saturated carbocycles. The third-order valence-corrected chi connectivity index (χ3v) is 6.19. The monoisotopic (exact) mass is 312 g/mol. The van der Waals surface area contributed by atoms with E-state index in [-0.39, 0.29) is 10.4 Å². The van der Waals surface area contributed by atoms with Crippen molar-refractivity contribution in [2.75, 3.05) is 0 Å². The standard InChI is InChI=1S/C15H24N2O3S/c1-11-14(9-13(20-11)10-16-12-5-6-12)21(18,19)17-15(2)7-3-4-8-15/h9,12,16-17H,3-8,10H2,1-2H3. The first-order valence-corrected chi connectivity index (χ1v) is 9.23. The maximum Gasteiger partial charge on any atom is 0.244 e. The highest BCUT2D eigenvalue weighted by Gasteiger charge is 2.35. The van der Waals surface area contributed by atoms with E-state index in [4.69, 9.17) is 4.42 Å². The van der Waals surface area contributed by atoms with Crippen molar-refractivity contribution in [1.82, 2.24) is 10.0 Å². The molecule has 0 aromatic carbocycles. The maximum atomic E-state index is 12.6. The van der Waals surface area contributed by atoms with E-state index in [1.54, 1.807) is 13.0 Å². The van der Waals surface area contributed by atoms with E-state index in [0.717, 1.165) is 25.7 Å². The average Bonchev–Trinajstić information content (AvgIpc) is 3.01. The zero-order valence-electron chi connectivity index (χ0n) is 12.7. The summed E-state index contributed by atoms with van der Waals surface area (Å²) in [5.41, 5.74) is -0.311. The number of furan rings is 1. The molecule has 0 atom stereocenters. The molecule has 0 spiro atoms. The molecule has 0 bridgehead atoms. The van der Waals surface area contributed by atoms with E-state index in [9.17, 15) is 8.42 Å². The van der Waals surface area contributed by atoms with E-state index in [1.165, 1.54) is 12.8 Å². The van der Waals surface area contributed by atoms with Crippen LogP contribution in [-0.2, 0) is 16.6 Å². The van der Waals surface area contributed by atoms with Crippen molar-refractivity contribution >= 4 is 10.0 Å². The van der Waals surface area contributed by atoms with Gasteiger partial charge in [0.15, 0.2) is 0 Å². The lowest BCUT2D eigenvalue weighted by Gasteiger charge is -2.24. The number of hydrogen-bond donors (Lipinski definition) is 2. The highest BCUT2D eigenvalue weighted by atomic mass is 32.2. The molecule has 0 saturated heterocycles. The fourth-order valence-corrected chi connectivity index (χ4v) is 4.72. The first-order chi connectivity index (χ1) is 9.88. The van der Waals surface area contributed by atoms with Gasteiger partial charge in [-0.25, -0.2) is 13.1 Å². The highest BCUT2D eigenvalue weighted by molar-refractivity contribution is 7.89. The van der Waals surface area contributed by atoms with Gasteiger partial charge in [0.05, 0.1) is 6.54 Å². The van der Waals surface area contributed by atoms with Crippen LogP contribution in [0.3, 0.4) is 0 Å². The fourth-order valence-electron chi connectivity index (χ4n) is 3.05. The quantitative estimate of drug-likeness (QED) is 0.846. The molecule has 1 aromatic heterocycles. The molecule has 2 N–H and O–H groups in total. The predicted octanol–water partition coefficient (Wildman–Crippen LogP) is 2.45. The molecule has 0 amide bonds. The number of rotatable bonds is 6. The lowest BCUT2D eigenvalue weighted by atomic mass is 10.0. The topological polar surface area (TPSA) is 71.3 Å². The molecule has 6 heteroatoms. The summed E-state index contributed by atoms with van der Waals surface area (Å²) in [4.78, 5) is 0.281. The van der Waals surface area contributed by atoms with Gasteiger partial charge in [-0.05, 0) is 39.5 Å². The highest BCUT2D eigenvalue weighted by Crippen LogP contribution is 2.31. The molecule has 2 aliphatic rings. The van der Waals surface area contributed by atoms with Gasteiger partial charge in [-0.2, -0.15) is 0 Å². The summed E-state index contributed by atoms with van der Waals surface area (Å²) in [6.07, 6.45) is 6.37. The molecular formula is C15H24N2O3S. The first-order valence-electron chi connectivity index (χ1n) is 7.75. The molecule has 2 fully saturated rings. The summed E-state index contributed by atoms with van der Waals surface area (Å²) < 4.78 is 33.6. The molecule has 0 radical (unpaired) electrons. The van der Waals surface area contributed by atoms with Crippen LogP contribution in [0.25, 0.3) is 0 Å². The lowest BCUT2D eigenvalue weighted by molar-refractivity contribution is 0.425. The second-order valence-corrected chi connectivity index (χ2v) is 8.31. The van der Waals surface area contributed by atoms with Crippen LogP contribution in [0.4, 0.5) is 0 Å². The SMILES string of the molecule is Cc1oc(CNC2CC2)cc1S(=O)(=O)NC1(C)CCCC1. The van der Waals surface area contributed by atoms with Crippen molar-refractivity contribution in [3.05, 3.63) is 17.6 Å². The van der Waals surface area contributed by atoms with Crippen molar-refractivity contribution < 1.29 is 12.8 Å². The van der Waals surface area contributed by atoms with E-state index in [0.29, 0.717) is 24.1 Å². The van der Waals surface area contributed by atoms with Crippen molar-refractivity contribution in [1.29, 1.82) is 0 Å². The van der Waals surface area contributed by atoms with Crippen LogP contribution < -0.4 is 10.0 Å². The van der Waals surface area contributed by atoms with Crippen molar-refractivity contribution in [3.63, 3.8) is 0 Å². The van der Waals surface area contributed by atoms with Gasteiger partial charge in [0.2, 0.25) is 10.0 Å². The van der Waals surface area contributed by atoms with Gasteiger partial charge in [0.1, 0.15) is 16.4 Å². The van der Waals surface area contributed by atoms with Gasteiger partial charge >= 0.3 is 0 Å². The summed E-state index contributed by atoms with van der Waals surface area (Å²) in [5, 5.41) is 3.34. The lowest BCUT2D eigenvalue weighted by Crippen LogP contribution is -2.43. The second-order valence-electron chi connectivity index (χ2n) is 6.66. The van der Waals surface area contributed by atoms with Crippen molar-refractivity contribution in [2.24, 2.45) is 0 Å². The zero-order valence-corrected chi connectivity index (χ0v) is 13.6. The first kappa shape index (κ1) is 15.1. The van der Waals surface area contributed by atoms with Crippen LogP contribution in [0.15, 0.2) is 15.4 Å². The minimum atomic E-state index is -3.51. The Morgan fingerprint density at radius 1 is 1.33 bits per heavy atom. The summed E-state index contributed by atoms with van der Waals surface area (Å²) in [6, 6.07) is 2.23. The minimum Gasteiger partial charge on any atom is -0.464 e.